The van der Waals surface area contributed by atoms with Crippen molar-refractivity contribution in [2.75, 3.05) is 19.0 Å². The first kappa shape index (κ1) is 23.1. The third-order valence-corrected chi connectivity index (χ3v) is 5.16. The summed E-state index contributed by atoms with van der Waals surface area (Å²) in [4.78, 5) is 27.3. The molecule has 1 unspecified atom stereocenters. The molecule has 1 atom stereocenters. The maximum absolute atomic E-state index is 13.5. The van der Waals surface area contributed by atoms with Crippen LogP contribution in [0.5, 0.6) is 0 Å². The molecule has 1 aliphatic carbocycles. The van der Waals surface area contributed by atoms with E-state index in [0.717, 1.165) is 11.3 Å². The zero-order chi connectivity index (χ0) is 23.3. The van der Waals surface area contributed by atoms with Gasteiger partial charge in [-0.25, -0.2) is 4.79 Å². The van der Waals surface area contributed by atoms with Crippen LogP contribution in [0, 0.1) is 6.92 Å². The number of carbonyl (C=O) groups excluding carboxylic acids is 2. The molecule has 0 saturated carbocycles. The highest BCUT2D eigenvalue weighted by Gasteiger charge is 2.33. The van der Waals surface area contributed by atoms with E-state index < -0.39 is 12.1 Å². The highest BCUT2D eigenvalue weighted by molar-refractivity contribution is 6.30. The molecule has 0 radical (unpaired) electrons. The van der Waals surface area contributed by atoms with Gasteiger partial charge < -0.3 is 16.1 Å². The average Bonchev–Trinajstić information content (AvgIpc) is 2.74. The zero-order valence-electron chi connectivity index (χ0n) is 18.2. The van der Waals surface area contributed by atoms with Gasteiger partial charge in [0.2, 0.25) is 5.91 Å². The van der Waals surface area contributed by atoms with Gasteiger partial charge in [0.15, 0.2) is 0 Å². The highest BCUT2D eigenvalue weighted by Crippen LogP contribution is 2.30. The molecular formula is C24H26ClN5O2. The number of amides is 3. The summed E-state index contributed by atoms with van der Waals surface area (Å²) in [6, 6.07) is 12.0. The predicted molar refractivity (Wildman–Crippen MR) is 129 cm³/mol. The minimum absolute atomic E-state index is 0.352. The number of nitrogens with two attached hydrogens (primary N) is 1. The van der Waals surface area contributed by atoms with Crippen LogP contribution in [0.15, 0.2) is 77.9 Å². The normalized spacial score (nSPS) is 15.8. The maximum atomic E-state index is 13.5. The van der Waals surface area contributed by atoms with Crippen LogP contribution in [0.25, 0.3) is 0 Å². The molecule has 7 nitrogen and oxygen atoms in total. The number of allylic oxidation sites excluding steroid dienone is 2. The number of hydrogen-bond acceptors (Lipinski definition) is 4. The van der Waals surface area contributed by atoms with E-state index >= 15 is 0 Å². The van der Waals surface area contributed by atoms with Crippen molar-refractivity contribution in [2.45, 2.75) is 19.0 Å². The number of nitrogens with zero attached hydrogens (tertiary/aromatic N) is 3. The van der Waals surface area contributed by atoms with Gasteiger partial charge in [0, 0.05) is 24.8 Å². The number of rotatable bonds is 6. The first-order chi connectivity index (χ1) is 15.3. The number of carbonyl (C=O) groups is 2. The summed E-state index contributed by atoms with van der Waals surface area (Å²) in [5, 5.41) is 9.52. The molecule has 0 fully saturated rings. The summed E-state index contributed by atoms with van der Waals surface area (Å²) in [7, 11) is 3.68. The quantitative estimate of drug-likeness (QED) is 0.654. The molecule has 3 amide bonds. The van der Waals surface area contributed by atoms with Crippen LogP contribution in [-0.2, 0) is 4.79 Å². The molecule has 3 rings (SSSR count). The van der Waals surface area contributed by atoms with Crippen molar-refractivity contribution in [2.24, 2.45) is 10.8 Å². The Morgan fingerprint density at radius 2 is 1.69 bits per heavy atom. The number of anilines is 1. The van der Waals surface area contributed by atoms with Gasteiger partial charge in [0.25, 0.3) is 0 Å². The van der Waals surface area contributed by atoms with E-state index in [9.17, 15) is 9.59 Å². The third kappa shape index (κ3) is 5.56. The molecule has 8 heteroatoms. The van der Waals surface area contributed by atoms with E-state index in [1.54, 1.807) is 29.3 Å². The van der Waals surface area contributed by atoms with Gasteiger partial charge in [-0.15, -0.1) is 0 Å². The first-order valence-electron chi connectivity index (χ1n) is 10.1. The number of primary amides is 1. The minimum Gasteiger partial charge on any atom is -0.351 e. The summed E-state index contributed by atoms with van der Waals surface area (Å²) < 4.78 is 0. The predicted octanol–water partition coefficient (Wildman–Crippen LogP) is 3.80. The fourth-order valence-corrected chi connectivity index (χ4v) is 3.58. The Morgan fingerprint density at radius 3 is 2.25 bits per heavy atom. The standard InChI is InChI=1S/C24H26ClN5O2/c1-16-6-4-5-7-21(16)22(30(24(26)32)20-14-8-17(25)9-15-20)23(31)27-18-10-12-19(13-11-18)28-29(2)3/h4-15,18,22H,1-3H3,(H2,26,32)(H,27,31). The molecule has 166 valence electrons. The van der Waals surface area contributed by atoms with Crippen LogP contribution in [0.3, 0.4) is 0 Å². The topological polar surface area (TPSA) is 91.0 Å². The molecule has 0 heterocycles. The Hall–Kier alpha value is -3.58. The van der Waals surface area contributed by atoms with Crippen molar-refractivity contribution >= 4 is 34.9 Å². The van der Waals surface area contributed by atoms with E-state index in [1.165, 1.54) is 4.90 Å². The molecule has 0 saturated heterocycles. The Bertz CT molecular complexity index is 1060. The van der Waals surface area contributed by atoms with Crippen molar-refractivity contribution in [3.05, 3.63) is 89.0 Å². The largest absolute Gasteiger partial charge is 0.351 e. The van der Waals surface area contributed by atoms with Crippen molar-refractivity contribution in [3.8, 4) is 0 Å². The van der Waals surface area contributed by atoms with Gasteiger partial charge in [0.05, 0.1) is 11.8 Å². The lowest BCUT2D eigenvalue weighted by molar-refractivity contribution is -0.122. The lowest BCUT2D eigenvalue weighted by Crippen LogP contribution is -2.48. The molecule has 3 N–H and O–H groups in total. The Balaban J connectivity index is 1.95. The van der Waals surface area contributed by atoms with Gasteiger partial charge >= 0.3 is 6.03 Å². The second-order valence-corrected chi connectivity index (χ2v) is 8.00. The van der Waals surface area contributed by atoms with Crippen LogP contribution in [0.4, 0.5) is 10.5 Å². The Labute approximate surface area is 192 Å². The van der Waals surface area contributed by atoms with Gasteiger partial charge in [-0.1, -0.05) is 48.0 Å². The number of urea groups is 1. The molecule has 0 aromatic heterocycles. The number of nitrogens with one attached hydrogen (secondary N) is 1. The smallest absolute Gasteiger partial charge is 0.320 e. The summed E-state index contributed by atoms with van der Waals surface area (Å²) >= 11 is 6.01. The van der Waals surface area contributed by atoms with Crippen LogP contribution in [0.1, 0.15) is 17.2 Å². The van der Waals surface area contributed by atoms with E-state index in [2.05, 4.69) is 10.4 Å². The van der Waals surface area contributed by atoms with E-state index in [4.69, 9.17) is 17.3 Å². The third-order valence-electron chi connectivity index (χ3n) is 4.90. The Kier molecular flexibility index (Phi) is 7.33. The molecule has 1 aliphatic rings. The summed E-state index contributed by atoms with van der Waals surface area (Å²) in [5.41, 5.74) is 8.54. The zero-order valence-corrected chi connectivity index (χ0v) is 19.0. The molecular weight excluding hydrogens is 426 g/mol. The lowest BCUT2D eigenvalue weighted by Gasteiger charge is -2.31. The fourth-order valence-electron chi connectivity index (χ4n) is 3.46. The number of hydrazone groups is 1. The van der Waals surface area contributed by atoms with Crippen LogP contribution in [0.2, 0.25) is 5.02 Å². The van der Waals surface area contributed by atoms with Crippen LogP contribution >= 0.6 is 11.6 Å². The maximum Gasteiger partial charge on any atom is 0.320 e. The lowest BCUT2D eigenvalue weighted by atomic mass is 9.98. The molecule has 32 heavy (non-hydrogen) atoms. The SMILES string of the molecule is Cc1ccccc1C(C(=O)NC1C=CC(=NN(C)C)C=C1)N(C(N)=O)c1ccc(Cl)cc1. The van der Waals surface area contributed by atoms with Crippen molar-refractivity contribution in [1.29, 1.82) is 0 Å². The number of benzene rings is 2. The van der Waals surface area contributed by atoms with E-state index in [1.807, 2.05) is 69.6 Å². The van der Waals surface area contributed by atoms with Crippen LogP contribution in [-0.4, -0.2) is 42.8 Å². The Morgan fingerprint density at radius 1 is 1.06 bits per heavy atom. The second-order valence-electron chi connectivity index (χ2n) is 7.57. The van der Waals surface area contributed by atoms with E-state index in [0.29, 0.717) is 16.3 Å². The van der Waals surface area contributed by atoms with Gasteiger partial charge in [-0.3, -0.25) is 9.69 Å². The van der Waals surface area contributed by atoms with Crippen molar-refractivity contribution in [3.63, 3.8) is 0 Å². The minimum atomic E-state index is -0.964. The van der Waals surface area contributed by atoms with E-state index in [-0.39, 0.29) is 11.9 Å². The number of halogens is 1. The molecule has 0 bridgehead atoms. The summed E-state index contributed by atoms with van der Waals surface area (Å²) in [6.07, 6.45) is 7.34. The van der Waals surface area contributed by atoms with Crippen LogP contribution < -0.4 is 16.0 Å². The second kappa shape index (κ2) is 10.2. The number of aryl methyl sites for hydroxylation is 1. The highest BCUT2D eigenvalue weighted by atomic mass is 35.5. The van der Waals surface area contributed by atoms with Gasteiger partial charge in [-0.05, 0) is 54.5 Å². The molecule has 0 spiro atoms. The van der Waals surface area contributed by atoms with Gasteiger partial charge in [0.1, 0.15) is 6.04 Å². The fraction of sp³-hybridized carbons (Fsp3) is 0.208. The molecule has 2 aromatic rings. The van der Waals surface area contributed by atoms with Crippen molar-refractivity contribution < 1.29 is 9.59 Å². The molecule has 2 aromatic carbocycles. The monoisotopic (exact) mass is 451 g/mol. The first-order valence-corrected chi connectivity index (χ1v) is 10.5. The summed E-state index contributed by atoms with van der Waals surface area (Å²) in [6.45, 7) is 1.89. The van der Waals surface area contributed by atoms with Gasteiger partial charge in [-0.2, -0.15) is 5.10 Å². The molecule has 0 aliphatic heterocycles. The average molecular weight is 452 g/mol. The summed E-state index contributed by atoms with van der Waals surface area (Å²) in [5.74, 6) is -0.361. The number of hydrogen-bond donors (Lipinski definition) is 2. The van der Waals surface area contributed by atoms with Crippen molar-refractivity contribution in [1.82, 2.24) is 10.3 Å².